The maximum absolute atomic E-state index is 5.41. The van der Waals surface area contributed by atoms with Crippen molar-refractivity contribution in [2.75, 3.05) is 6.54 Å². The summed E-state index contributed by atoms with van der Waals surface area (Å²) in [6, 6.07) is 4.46. The SMILES string of the molecule is c1cnn(CC2CCCN2Cc2nc(-c3ccsc3)no2)c1. The molecule has 6 nitrogen and oxygen atoms in total. The zero-order chi connectivity index (χ0) is 14.8. The second-order valence-corrected chi connectivity index (χ2v) is 6.30. The molecule has 0 bridgehead atoms. The van der Waals surface area contributed by atoms with Gasteiger partial charge in [0.15, 0.2) is 0 Å². The monoisotopic (exact) mass is 315 g/mol. The van der Waals surface area contributed by atoms with E-state index in [1.807, 2.05) is 40.0 Å². The van der Waals surface area contributed by atoms with Gasteiger partial charge in [-0.1, -0.05) is 5.16 Å². The molecule has 0 radical (unpaired) electrons. The van der Waals surface area contributed by atoms with E-state index in [-0.39, 0.29) is 0 Å². The molecule has 0 N–H and O–H groups in total. The fourth-order valence-electron chi connectivity index (χ4n) is 2.94. The molecule has 1 aliphatic heterocycles. The van der Waals surface area contributed by atoms with E-state index >= 15 is 0 Å². The van der Waals surface area contributed by atoms with Crippen LogP contribution in [0.3, 0.4) is 0 Å². The van der Waals surface area contributed by atoms with Crippen molar-refractivity contribution in [2.24, 2.45) is 0 Å². The summed E-state index contributed by atoms with van der Waals surface area (Å²) < 4.78 is 7.41. The Labute approximate surface area is 132 Å². The lowest BCUT2D eigenvalue weighted by Crippen LogP contribution is -2.32. The predicted octanol–water partition coefficient (Wildman–Crippen LogP) is 2.66. The summed E-state index contributed by atoms with van der Waals surface area (Å²) in [5, 5.41) is 12.4. The van der Waals surface area contributed by atoms with Crippen molar-refractivity contribution in [2.45, 2.75) is 32.0 Å². The van der Waals surface area contributed by atoms with Crippen LogP contribution in [0.25, 0.3) is 11.4 Å². The standard InChI is InChI=1S/C15H17N5OS/c1-3-13(9-20-7-2-5-16-20)19(6-1)10-14-17-15(18-21-14)12-4-8-22-11-12/h2,4-5,7-8,11,13H,1,3,6,9-10H2. The Bertz CT molecular complexity index is 706. The number of nitrogens with zero attached hydrogens (tertiary/aromatic N) is 5. The summed E-state index contributed by atoms with van der Waals surface area (Å²) >= 11 is 1.64. The molecular formula is C15H17N5OS. The molecule has 1 atom stereocenters. The third kappa shape index (κ3) is 2.82. The second-order valence-electron chi connectivity index (χ2n) is 5.52. The molecule has 3 aromatic heterocycles. The quantitative estimate of drug-likeness (QED) is 0.724. The largest absolute Gasteiger partial charge is 0.338 e. The maximum Gasteiger partial charge on any atom is 0.241 e. The first kappa shape index (κ1) is 13.7. The number of thiophene rings is 1. The molecule has 4 rings (SSSR count). The summed E-state index contributed by atoms with van der Waals surface area (Å²) in [4.78, 5) is 6.92. The Hall–Kier alpha value is -1.99. The predicted molar refractivity (Wildman–Crippen MR) is 83.3 cm³/mol. The molecule has 7 heteroatoms. The first-order valence-corrected chi connectivity index (χ1v) is 8.39. The van der Waals surface area contributed by atoms with Crippen LogP contribution in [-0.2, 0) is 13.1 Å². The fourth-order valence-corrected chi connectivity index (χ4v) is 3.57. The highest BCUT2D eigenvalue weighted by Crippen LogP contribution is 2.23. The van der Waals surface area contributed by atoms with Crippen molar-refractivity contribution < 1.29 is 4.52 Å². The Kier molecular flexibility index (Phi) is 3.74. The van der Waals surface area contributed by atoms with E-state index in [0.29, 0.717) is 24.3 Å². The van der Waals surface area contributed by atoms with E-state index in [1.165, 1.54) is 12.8 Å². The van der Waals surface area contributed by atoms with Crippen LogP contribution in [0.4, 0.5) is 0 Å². The van der Waals surface area contributed by atoms with E-state index in [0.717, 1.165) is 18.7 Å². The molecule has 0 saturated carbocycles. The molecule has 0 spiro atoms. The van der Waals surface area contributed by atoms with Gasteiger partial charge in [-0.05, 0) is 36.9 Å². The summed E-state index contributed by atoms with van der Waals surface area (Å²) in [6.45, 7) is 2.70. The summed E-state index contributed by atoms with van der Waals surface area (Å²) in [7, 11) is 0. The van der Waals surface area contributed by atoms with Crippen LogP contribution in [0.1, 0.15) is 18.7 Å². The lowest BCUT2D eigenvalue weighted by Gasteiger charge is -2.22. The Morgan fingerprint density at radius 2 is 2.41 bits per heavy atom. The smallest absolute Gasteiger partial charge is 0.241 e. The van der Waals surface area contributed by atoms with E-state index in [2.05, 4.69) is 20.1 Å². The Morgan fingerprint density at radius 3 is 3.23 bits per heavy atom. The van der Waals surface area contributed by atoms with Gasteiger partial charge in [0.2, 0.25) is 11.7 Å². The Morgan fingerprint density at radius 1 is 1.41 bits per heavy atom. The van der Waals surface area contributed by atoms with Gasteiger partial charge in [-0.3, -0.25) is 9.58 Å². The average molecular weight is 315 g/mol. The van der Waals surface area contributed by atoms with Crippen molar-refractivity contribution in [3.63, 3.8) is 0 Å². The number of likely N-dealkylation sites (tertiary alicyclic amines) is 1. The first-order chi connectivity index (χ1) is 10.9. The molecular weight excluding hydrogens is 298 g/mol. The van der Waals surface area contributed by atoms with Crippen LogP contribution in [-0.4, -0.2) is 37.4 Å². The molecule has 1 fully saturated rings. The van der Waals surface area contributed by atoms with Crippen molar-refractivity contribution in [1.29, 1.82) is 0 Å². The van der Waals surface area contributed by atoms with Crippen molar-refractivity contribution >= 4 is 11.3 Å². The van der Waals surface area contributed by atoms with Crippen LogP contribution in [0, 0.1) is 0 Å². The molecule has 114 valence electrons. The molecule has 0 aliphatic carbocycles. The summed E-state index contributed by atoms with van der Waals surface area (Å²) in [5.74, 6) is 1.37. The molecule has 4 heterocycles. The van der Waals surface area contributed by atoms with Gasteiger partial charge in [-0.2, -0.15) is 21.4 Å². The van der Waals surface area contributed by atoms with Crippen LogP contribution in [0.2, 0.25) is 0 Å². The van der Waals surface area contributed by atoms with Gasteiger partial charge in [0.25, 0.3) is 0 Å². The highest BCUT2D eigenvalue weighted by atomic mass is 32.1. The average Bonchev–Trinajstić information content (AvgIpc) is 3.28. The molecule has 1 saturated heterocycles. The minimum Gasteiger partial charge on any atom is -0.338 e. The van der Waals surface area contributed by atoms with Gasteiger partial charge in [-0.15, -0.1) is 0 Å². The lowest BCUT2D eigenvalue weighted by atomic mass is 10.2. The lowest BCUT2D eigenvalue weighted by molar-refractivity contribution is 0.192. The number of rotatable bonds is 5. The topological polar surface area (TPSA) is 60.0 Å². The molecule has 1 aliphatic rings. The minimum absolute atomic E-state index is 0.483. The van der Waals surface area contributed by atoms with Gasteiger partial charge in [0, 0.05) is 29.4 Å². The van der Waals surface area contributed by atoms with Crippen molar-refractivity contribution in [1.82, 2.24) is 24.8 Å². The summed E-state index contributed by atoms with van der Waals surface area (Å²) in [5.41, 5.74) is 1.02. The van der Waals surface area contributed by atoms with E-state index in [9.17, 15) is 0 Å². The first-order valence-electron chi connectivity index (χ1n) is 7.45. The third-order valence-corrected chi connectivity index (χ3v) is 4.73. The van der Waals surface area contributed by atoms with E-state index in [4.69, 9.17) is 4.52 Å². The third-order valence-electron chi connectivity index (χ3n) is 4.04. The van der Waals surface area contributed by atoms with Crippen LogP contribution in [0.5, 0.6) is 0 Å². The van der Waals surface area contributed by atoms with Gasteiger partial charge in [0.1, 0.15) is 0 Å². The van der Waals surface area contributed by atoms with Gasteiger partial charge >= 0.3 is 0 Å². The number of hydrogen-bond donors (Lipinski definition) is 0. The van der Waals surface area contributed by atoms with E-state index in [1.54, 1.807) is 11.3 Å². The normalized spacial score (nSPS) is 19.0. The van der Waals surface area contributed by atoms with Gasteiger partial charge in [0.05, 0.1) is 13.1 Å². The van der Waals surface area contributed by atoms with Gasteiger partial charge < -0.3 is 4.52 Å². The van der Waals surface area contributed by atoms with Crippen LogP contribution < -0.4 is 0 Å². The molecule has 3 aromatic rings. The Balaban J connectivity index is 1.44. The zero-order valence-electron chi connectivity index (χ0n) is 12.1. The van der Waals surface area contributed by atoms with Crippen LogP contribution in [0.15, 0.2) is 39.8 Å². The van der Waals surface area contributed by atoms with Crippen molar-refractivity contribution in [3.05, 3.63) is 41.2 Å². The van der Waals surface area contributed by atoms with Crippen molar-refractivity contribution in [3.8, 4) is 11.4 Å². The zero-order valence-corrected chi connectivity index (χ0v) is 12.9. The number of aromatic nitrogens is 4. The fraction of sp³-hybridized carbons (Fsp3) is 0.400. The summed E-state index contributed by atoms with van der Waals surface area (Å²) in [6.07, 6.45) is 6.23. The molecule has 22 heavy (non-hydrogen) atoms. The maximum atomic E-state index is 5.41. The highest BCUT2D eigenvalue weighted by Gasteiger charge is 2.26. The van der Waals surface area contributed by atoms with Gasteiger partial charge in [-0.25, -0.2) is 0 Å². The highest BCUT2D eigenvalue weighted by molar-refractivity contribution is 7.08. The van der Waals surface area contributed by atoms with Crippen LogP contribution >= 0.6 is 11.3 Å². The van der Waals surface area contributed by atoms with E-state index < -0.39 is 0 Å². The molecule has 0 aromatic carbocycles. The minimum atomic E-state index is 0.483. The molecule has 0 amide bonds. The number of hydrogen-bond acceptors (Lipinski definition) is 6. The molecule has 1 unspecified atom stereocenters. The second kappa shape index (κ2) is 6.02.